The molecule has 0 radical (unpaired) electrons. The average Bonchev–Trinajstić information content (AvgIpc) is 2.19. The minimum absolute atomic E-state index is 0.288. The third-order valence-corrected chi connectivity index (χ3v) is 5.91. The van der Waals surface area contributed by atoms with Crippen LogP contribution < -0.4 is 10.6 Å². The van der Waals surface area contributed by atoms with Gasteiger partial charge >= 0.3 is 0 Å². The lowest BCUT2D eigenvalue weighted by Gasteiger charge is -2.48. The monoisotopic (exact) mass is 322 g/mol. The molecule has 2 atom stereocenters. The van der Waals surface area contributed by atoms with Gasteiger partial charge in [0, 0.05) is 22.2 Å². The molecule has 1 unspecified atom stereocenters. The highest BCUT2D eigenvalue weighted by Gasteiger charge is 2.40. The van der Waals surface area contributed by atoms with E-state index < -0.39 is 0 Å². The Labute approximate surface area is 145 Å². The molecule has 0 amide bonds. The summed E-state index contributed by atoms with van der Waals surface area (Å²) in [5.41, 5.74) is 1.20. The predicted molar refractivity (Wildman–Crippen MR) is 102 cm³/mol. The van der Waals surface area contributed by atoms with E-state index in [1.807, 2.05) is 0 Å². The zero-order chi connectivity index (χ0) is 17.5. The topological polar surface area (TPSA) is 24.1 Å². The van der Waals surface area contributed by atoms with Crippen LogP contribution in [0.1, 0.15) is 100 Å². The van der Waals surface area contributed by atoms with Gasteiger partial charge in [-0.3, -0.25) is 0 Å². The summed E-state index contributed by atoms with van der Waals surface area (Å²) in [6.45, 7) is 19.1. The lowest BCUT2D eigenvalue weighted by molar-refractivity contribution is 0.101. The Balaban J connectivity index is 1.87. The van der Waals surface area contributed by atoms with Gasteiger partial charge in [0.05, 0.1) is 0 Å². The van der Waals surface area contributed by atoms with E-state index in [4.69, 9.17) is 0 Å². The molecule has 2 nitrogen and oxygen atoms in total. The average molecular weight is 323 g/mol. The molecule has 2 aliphatic heterocycles. The first kappa shape index (κ1) is 19.2. The molecule has 2 rings (SSSR count). The maximum absolute atomic E-state index is 3.96. The molecule has 23 heavy (non-hydrogen) atoms. The summed E-state index contributed by atoms with van der Waals surface area (Å²) < 4.78 is 0. The molecule has 136 valence electrons. The number of hydrogen-bond donors (Lipinski definition) is 2. The van der Waals surface area contributed by atoms with Crippen molar-refractivity contribution in [3.63, 3.8) is 0 Å². The molecular formula is C21H42N2. The summed E-state index contributed by atoms with van der Waals surface area (Å²) in [6, 6.07) is 0. The van der Waals surface area contributed by atoms with E-state index in [0.29, 0.717) is 11.1 Å². The second kappa shape index (κ2) is 6.33. The van der Waals surface area contributed by atoms with Crippen LogP contribution in [0.5, 0.6) is 0 Å². The van der Waals surface area contributed by atoms with Gasteiger partial charge in [0.1, 0.15) is 0 Å². The first-order valence-corrected chi connectivity index (χ1v) is 9.89. The Morgan fingerprint density at radius 1 is 0.739 bits per heavy atom. The highest BCUT2D eigenvalue weighted by atomic mass is 15.1. The Kier molecular flexibility index (Phi) is 5.30. The summed E-state index contributed by atoms with van der Waals surface area (Å²) >= 11 is 0. The van der Waals surface area contributed by atoms with Crippen LogP contribution in [0, 0.1) is 11.8 Å². The third-order valence-electron chi connectivity index (χ3n) is 5.91. The van der Waals surface area contributed by atoms with Crippen LogP contribution in [0.3, 0.4) is 0 Å². The van der Waals surface area contributed by atoms with Crippen molar-refractivity contribution in [2.75, 3.05) is 0 Å². The van der Waals surface area contributed by atoms with E-state index in [0.717, 1.165) is 11.8 Å². The zero-order valence-electron chi connectivity index (χ0n) is 17.1. The van der Waals surface area contributed by atoms with Crippen molar-refractivity contribution in [2.24, 2.45) is 11.8 Å². The Morgan fingerprint density at radius 2 is 1.26 bits per heavy atom. The smallest absolute Gasteiger partial charge is 0.0160 e. The zero-order valence-corrected chi connectivity index (χ0v) is 17.1. The summed E-state index contributed by atoms with van der Waals surface area (Å²) in [5.74, 6) is 1.71. The highest BCUT2D eigenvalue weighted by molar-refractivity contribution is 4.99. The molecule has 0 aromatic rings. The summed E-state index contributed by atoms with van der Waals surface area (Å²) in [4.78, 5) is 0. The lowest BCUT2D eigenvalue weighted by atomic mass is 9.71. The van der Waals surface area contributed by atoms with Crippen LogP contribution in [0.2, 0.25) is 0 Å². The van der Waals surface area contributed by atoms with Gasteiger partial charge in [-0.05, 0) is 92.4 Å². The van der Waals surface area contributed by atoms with E-state index >= 15 is 0 Å². The Morgan fingerprint density at radius 3 is 1.78 bits per heavy atom. The molecule has 2 heteroatoms. The van der Waals surface area contributed by atoms with Crippen molar-refractivity contribution >= 4 is 0 Å². The Bertz CT molecular complexity index is 394. The van der Waals surface area contributed by atoms with Gasteiger partial charge in [-0.25, -0.2) is 0 Å². The molecule has 2 saturated heterocycles. The summed E-state index contributed by atoms with van der Waals surface area (Å²) in [6.07, 6.45) is 9.36. The van der Waals surface area contributed by atoms with Crippen LogP contribution in [0.25, 0.3) is 0 Å². The fraction of sp³-hybridized carbons (Fsp3) is 1.00. The second-order valence-electron chi connectivity index (χ2n) is 11.1. The van der Waals surface area contributed by atoms with Crippen molar-refractivity contribution < 1.29 is 0 Å². The van der Waals surface area contributed by atoms with Gasteiger partial charge in [0.15, 0.2) is 0 Å². The van der Waals surface area contributed by atoms with Crippen LogP contribution in [0.15, 0.2) is 0 Å². The quantitative estimate of drug-likeness (QED) is 0.736. The van der Waals surface area contributed by atoms with E-state index in [1.165, 1.54) is 44.9 Å². The first-order valence-electron chi connectivity index (χ1n) is 9.89. The second-order valence-corrected chi connectivity index (χ2v) is 11.1. The van der Waals surface area contributed by atoms with Gasteiger partial charge in [-0.2, -0.15) is 0 Å². The van der Waals surface area contributed by atoms with Crippen molar-refractivity contribution in [3.05, 3.63) is 0 Å². The Hall–Kier alpha value is -0.0800. The predicted octanol–water partition coefficient (Wildman–Crippen LogP) is 5.27. The first-order chi connectivity index (χ1) is 10.3. The van der Waals surface area contributed by atoms with E-state index in [1.54, 1.807) is 0 Å². The maximum atomic E-state index is 3.96. The lowest BCUT2D eigenvalue weighted by Crippen LogP contribution is -2.59. The van der Waals surface area contributed by atoms with Crippen LogP contribution in [0.4, 0.5) is 0 Å². The third kappa shape index (κ3) is 5.74. The molecule has 2 aliphatic rings. The fourth-order valence-electron chi connectivity index (χ4n) is 6.31. The van der Waals surface area contributed by atoms with E-state index in [2.05, 4.69) is 66.0 Å². The highest BCUT2D eigenvalue weighted by Crippen LogP contribution is 2.38. The SMILES string of the molecule is C[C@@H]1CC(C)(C)NC(C)(CCCC2CC(C)(C)NC(C)(C)C2)C1. The molecular weight excluding hydrogens is 280 g/mol. The standard InChI is InChI=1S/C21H42N2/c1-16-12-18(2,3)23-21(8,13-16)11-9-10-17-14-19(4,5)22-20(6,7)15-17/h16-17,22-23H,9-15H2,1-8H3/t16-,21?/m1/s1. The largest absolute Gasteiger partial charge is 0.307 e. The normalized spacial score (nSPS) is 36.8. The minimum atomic E-state index is 0.288. The molecule has 0 bridgehead atoms. The number of nitrogens with one attached hydrogen (secondary N) is 2. The van der Waals surface area contributed by atoms with E-state index in [9.17, 15) is 0 Å². The molecule has 2 heterocycles. The van der Waals surface area contributed by atoms with Crippen LogP contribution in [-0.4, -0.2) is 22.2 Å². The summed E-state index contributed by atoms with van der Waals surface area (Å²) in [5, 5.41) is 7.77. The number of hydrogen-bond acceptors (Lipinski definition) is 2. The van der Waals surface area contributed by atoms with Crippen molar-refractivity contribution in [3.8, 4) is 0 Å². The molecule has 0 aromatic heterocycles. The fourth-order valence-corrected chi connectivity index (χ4v) is 6.31. The van der Waals surface area contributed by atoms with Gasteiger partial charge in [0.2, 0.25) is 0 Å². The maximum Gasteiger partial charge on any atom is 0.0160 e. The van der Waals surface area contributed by atoms with Gasteiger partial charge in [-0.1, -0.05) is 19.8 Å². The van der Waals surface area contributed by atoms with Crippen molar-refractivity contribution in [1.29, 1.82) is 0 Å². The number of rotatable bonds is 4. The van der Waals surface area contributed by atoms with Crippen LogP contribution in [-0.2, 0) is 0 Å². The minimum Gasteiger partial charge on any atom is -0.307 e. The van der Waals surface area contributed by atoms with Crippen LogP contribution >= 0.6 is 0 Å². The van der Waals surface area contributed by atoms with E-state index in [-0.39, 0.29) is 11.1 Å². The van der Waals surface area contributed by atoms with Crippen molar-refractivity contribution in [1.82, 2.24) is 10.6 Å². The van der Waals surface area contributed by atoms with Crippen molar-refractivity contribution in [2.45, 2.75) is 122 Å². The van der Waals surface area contributed by atoms with Gasteiger partial charge < -0.3 is 10.6 Å². The molecule has 0 saturated carbocycles. The molecule has 0 spiro atoms. The molecule has 2 fully saturated rings. The number of piperidine rings is 2. The summed E-state index contributed by atoms with van der Waals surface area (Å²) in [7, 11) is 0. The van der Waals surface area contributed by atoms with Gasteiger partial charge in [0.25, 0.3) is 0 Å². The molecule has 2 N–H and O–H groups in total. The molecule has 0 aromatic carbocycles. The molecule has 0 aliphatic carbocycles. The van der Waals surface area contributed by atoms with Gasteiger partial charge in [-0.15, -0.1) is 0 Å².